The molecule has 5 nitrogen and oxygen atoms in total. The van der Waals surface area contributed by atoms with Gasteiger partial charge in [-0.3, -0.25) is 0 Å². The molecule has 8 heteroatoms. The topological polar surface area (TPSA) is 58.5 Å². The van der Waals surface area contributed by atoms with Gasteiger partial charge in [0, 0.05) is 42.9 Å². The molecule has 0 amide bonds. The van der Waals surface area contributed by atoms with Crippen molar-refractivity contribution in [2.24, 2.45) is 0 Å². The van der Waals surface area contributed by atoms with Crippen LogP contribution in [0.5, 0.6) is 0 Å². The summed E-state index contributed by atoms with van der Waals surface area (Å²) < 4.78 is 32.1. The van der Waals surface area contributed by atoms with Crippen LogP contribution in [0.4, 0.5) is 14.6 Å². The van der Waals surface area contributed by atoms with Crippen molar-refractivity contribution in [1.82, 2.24) is 9.97 Å². The van der Waals surface area contributed by atoms with E-state index in [4.69, 9.17) is 16.3 Å². The van der Waals surface area contributed by atoms with Gasteiger partial charge in [-0.1, -0.05) is 11.6 Å². The minimum Gasteiger partial charge on any atom is -0.368 e. The molecule has 0 saturated carbocycles. The molecule has 3 heterocycles. The largest absolute Gasteiger partial charge is 0.368 e. The van der Waals surface area contributed by atoms with Crippen LogP contribution >= 0.6 is 11.6 Å². The Kier molecular flexibility index (Phi) is 4.85. The van der Waals surface area contributed by atoms with Gasteiger partial charge in [0.1, 0.15) is 11.0 Å². The molecule has 0 radical (unpaired) electrons. The minimum absolute atomic E-state index is 0.118. The summed E-state index contributed by atoms with van der Waals surface area (Å²) in [6.07, 6.45) is 0.294. The van der Waals surface area contributed by atoms with Gasteiger partial charge < -0.3 is 14.7 Å². The SMILES string of the molecule is CC(O)OCc1cc2cnc(Cl)cc2c(N2CCC(F)(F)CC2)n1. The first kappa shape index (κ1) is 17.3. The highest BCUT2D eigenvalue weighted by atomic mass is 35.5. The first-order valence-corrected chi connectivity index (χ1v) is 8.09. The number of halogens is 3. The molecule has 24 heavy (non-hydrogen) atoms. The summed E-state index contributed by atoms with van der Waals surface area (Å²) >= 11 is 5.98. The highest BCUT2D eigenvalue weighted by Crippen LogP contribution is 2.33. The van der Waals surface area contributed by atoms with E-state index in [1.807, 2.05) is 4.90 Å². The number of nitrogens with zero attached hydrogens (tertiary/aromatic N) is 3. The standard InChI is InChI=1S/C16H18ClF2N3O2/c1-10(23)24-9-12-6-11-8-20-14(17)7-13(11)15(21-12)22-4-2-16(18,19)3-5-22/h6-8,10,23H,2-5,9H2,1H3. The number of hydrogen-bond acceptors (Lipinski definition) is 5. The summed E-state index contributed by atoms with van der Waals surface area (Å²) in [5, 5.41) is 11.1. The quantitative estimate of drug-likeness (QED) is 0.671. The maximum absolute atomic E-state index is 13.4. The third-order valence-electron chi connectivity index (χ3n) is 3.98. The van der Waals surface area contributed by atoms with Gasteiger partial charge in [0.2, 0.25) is 0 Å². The average molecular weight is 358 g/mol. The van der Waals surface area contributed by atoms with Gasteiger partial charge >= 0.3 is 0 Å². The highest BCUT2D eigenvalue weighted by Gasteiger charge is 2.34. The number of aromatic nitrogens is 2. The lowest BCUT2D eigenvalue weighted by atomic mass is 10.1. The summed E-state index contributed by atoms with van der Waals surface area (Å²) in [4.78, 5) is 10.4. The van der Waals surface area contributed by atoms with Gasteiger partial charge in [-0.15, -0.1) is 0 Å². The van der Waals surface area contributed by atoms with E-state index in [2.05, 4.69) is 9.97 Å². The summed E-state index contributed by atoms with van der Waals surface area (Å²) in [5.74, 6) is -2.03. The van der Waals surface area contributed by atoms with E-state index in [1.165, 1.54) is 6.92 Å². The van der Waals surface area contributed by atoms with Gasteiger partial charge in [-0.2, -0.15) is 0 Å². The van der Waals surface area contributed by atoms with Gasteiger partial charge in [0.05, 0.1) is 12.3 Å². The number of alkyl halides is 2. The Morgan fingerprint density at radius 1 is 1.38 bits per heavy atom. The number of rotatable bonds is 4. The van der Waals surface area contributed by atoms with Crippen LogP contribution in [0.1, 0.15) is 25.5 Å². The number of hydrogen-bond donors (Lipinski definition) is 1. The lowest BCUT2D eigenvalue weighted by molar-refractivity contribution is -0.0948. The first-order chi connectivity index (χ1) is 11.3. The molecule has 0 aliphatic carbocycles. The zero-order valence-corrected chi connectivity index (χ0v) is 13.9. The zero-order valence-electron chi connectivity index (χ0n) is 13.2. The van der Waals surface area contributed by atoms with Crippen LogP contribution in [0.3, 0.4) is 0 Å². The van der Waals surface area contributed by atoms with Gasteiger partial charge in [0.15, 0.2) is 6.29 Å². The van der Waals surface area contributed by atoms with E-state index in [1.54, 1.807) is 18.3 Å². The van der Waals surface area contributed by atoms with Crippen molar-refractivity contribution in [2.45, 2.75) is 38.6 Å². The number of anilines is 1. The molecule has 0 spiro atoms. The molecule has 1 saturated heterocycles. The van der Waals surface area contributed by atoms with E-state index < -0.39 is 12.2 Å². The molecular formula is C16H18ClF2N3O2. The van der Waals surface area contributed by atoms with Gasteiger partial charge in [0.25, 0.3) is 5.92 Å². The first-order valence-electron chi connectivity index (χ1n) is 7.72. The monoisotopic (exact) mass is 357 g/mol. The van der Waals surface area contributed by atoms with Gasteiger partial charge in [-0.25, -0.2) is 18.7 Å². The molecule has 0 aromatic carbocycles. The van der Waals surface area contributed by atoms with E-state index >= 15 is 0 Å². The zero-order chi connectivity index (χ0) is 17.3. The maximum Gasteiger partial charge on any atom is 0.251 e. The Labute approximate surface area is 143 Å². The molecule has 130 valence electrons. The van der Waals surface area contributed by atoms with E-state index in [0.29, 0.717) is 16.7 Å². The number of fused-ring (bicyclic) bond motifs is 1. The molecule has 0 bridgehead atoms. The molecule has 1 unspecified atom stereocenters. The summed E-state index contributed by atoms with van der Waals surface area (Å²) in [6.45, 7) is 2.06. The fourth-order valence-corrected chi connectivity index (χ4v) is 2.88. The smallest absolute Gasteiger partial charge is 0.251 e. The van der Waals surface area contributed by atoms with Crippen LogP contribution in [0, 0.1) is 0 Å². The van der Waals surface area contributed by atoms with E-state index in [0.717, 1.165) is 10.8 Å². The highest BCUT2D eigenvalue weighted by molar-refractivity contribution is 6.30. The third kappa shape index (κ3) is 3.91. The average Bonchev–Trinajstić information content (AvgIpc) is 2.52. The van der Waals surface area contributed by atoms with Crippen LogP contribution in [-0.4, -0.2) is 40.4 Å². The van der Waals surface area contributed by atoms with Crippen LogP contribution in [-0.2, 0) is 11.3 Å². The summed E-state index contributed by atoms with van der Waals surface area (Å²) in [5.41, 5.74) is 0.597. The molecule has 1 aliphatic heterocycles. The molecule has 2 aromatic rings. The van der Waals surface area contributed by atoms with Crippen molar-refractivity contribution in [3.05, 3.63) is 29.2 Å². The van der Waals surface area contributed by atoms with Gasteiger partial charge in [-0.05, 0) is 19.1 Å². The van der Waals surface area contributed by atoms with Crippen molar-refractivity contribution < 1.29 is 18.6 Å². The second-order valence-electron chi connectivity index (χ2n) is 5.92. The van der Waals surface area contributed by atoms with Crippen molar-refractivity contribution in [2.75, 3.05) is 18.0 Å². The molecular weight excluding hydrogens is 340 g/mol. The van der Waals surface area contributed by atoms with Crippen LogP contribution in [0.15, 0.2) is 18.3 Å². The molecule has 1 aliphatic rings. The third-order valence-corrected chi connectivity index (χ3v) is 4.19. The predicted molar refractivity (Wildman–Crippen MR) is 87.4 cm³/mol. The fraction of sp³-hybridized carbons (Fsp3) is 0.500. The lowest BCUT2D eigenvalue weighted by Crippen LogP contribution is -2.40. The van der Waals surface area contributed by atoms with Crippen molar-refractivity contribution in [3.63, 3.8) is 0 Å². The molecule has 3 rings (SSSR count). The Hall–Kier alpha value is -1.57. The van der Waals surface area contributed by atoms with Crippen LogP contribution in [0.2, 0.25) is 5.15 Å². The van der Waals surface area contributed by atoms with Crippen molar-refractivity contribution in [3.8, 4) is 0 Å². The van der Waals surface area contributed by atoms with Crippen molar-refractivity contribution in [1.29, 1.82) is 0 Å². The fourth-order valence-electron chi connectivity index (χ4n) is 2.72. The van der Waals surface area contributed by atoms with Crippen LogP contribution < -0.4 is 4.90 Å². The Morgan fingerprint density at radius 3 is 2.75 bits per heavy atom. The van der Waals surface area contributed by atoms with E-state index in [9.17, 15) is 13.9 Å². The maximum atomic E-state index is 13.4. The second kappa shape index (κ2) is 6.74. The lowest BCUT2D eigenvalue weighted by Gasteiger charge is -2.33. The number of ether oxygens (including phenoxy) is 1. The number of aliphatic hydroxyl groups is 1. The molecule has 1 atom stereocenters. The minimum atomic E-state index is -2.63. The summed E-state index contributed by atoms with van der Waals surface area (Å²) in [7, 11) is 0. The number of piperidine rings is 1. The Morgan fingerprint density at radius 2 is 2.08 bits per heavy atom. The normalized spacial score (nSPS) is 18.8. The van der Waals surface area contributed by atoms with E-state index in [-0.39, 0.29) is 32.5 Å². The molecule has 1 N–H and O–H groups in total. The molecule has 2 aromatic heterocycles. The second-order valence-corrected chi connectivity index (χ2v) is 6.31. The summed E-state index contributed by atoms with van der Waals surface area (Å²) in [6, 6.07) is 3.48. The van der Waals surface area contributed by atoms with Crippen molar-refractivity contribution >= 4 is 28.2 Å². The Bertz CT molecular complexity index is 733. The predicted octanol–water partition coefficient (Wildman–Crippen LogP) is 3.37. The van der Waals surface area contributed by atoms with Crippen LogP contribution in [0.25, 0.3) is 10.8 Å². The number of aliphatic hydroxyl groups excluding tert-OH is 1. The Balaban J connectivity index is 1.98. The molecule has 1 fully saturated rings. The number of pyridine rings is 2.